The van der Waals surface area contributed by atoms with E-state index >= 15 is 0 Å². The van der Waals surface area contributed by atoms with Gasteiger partial charge in [0.1, 0.15) is 0 Å². The highest BCUT2D eigenvalue weighted by Gasteiger charge is 2.06. The average Bonchev–Trinajstić information content (AvgIpc) is 2.45. The van der Waals surface area contributed by atoms with Crippen LogP contribution in [-0.2, 0) is 6.42 Å². The normalized spacial score (nSPS) is 11.2. The van der Waals surface area contributed by atoms with E-state index in [1.54, 1.807) is 0 Å². The monoisotopic (exact) mass is 250 g/mol. The van der Waals surface area contributed by atoms with E-state index in [1.165, 1.54) is 18.4 Å². The summed E-state index contributed by atoms with van der Waals surface area (Å²) in [6, 6.07) is 14.5. The molecular formula is C17H18N2. The van der Waals surface area contributed by atoms with Crippen LogP contribution in [0, 0.1) is 0 Å². The topological polar surface area (TPSA) is 38.9 Å². The summed E-state index contributed by atoms with van der Waals surface area (Å²) in [5, 5.41) is 2.09. The fourth-order valence-corrected chi connectivity index (χ4v) is 2.51. The molecule has 2 N–H and O–H groups in total. The number of hydrogen-bond acceptors (Lipinski definition) is 2. The number of nitrogens with zero attached hydrogens (tertiary/aromatic N) is 1. The molecule has 2 nitrogen and oxygen atoms in total. The number of unbranched alkanes of at least 4 members (excludes halogenated alkanes) is 1. The van der Waals surface area contributed by atoms with Gasteiger partial charge in [0, 0.05) is 10.8 Å². The molecular weight excluding hydrogens is 232 g/mol. The summed E-state index contributed by atoms with van der Waals surface area (Å²) in [5.41, 5.74) is 10.4. The molecule has 3 rings (SSSR count). The van der Waals surface area contributed by atoms with Crippen molar-refractivity contribution in [2.45, 2.75) is 26.2 Å². The zero-order valence-corrected chi connectivity index (χ0v) is 11.2. The number of nitrogens with two attached hydrogens (primary N) is 1. The maximum atomic E-state index is 6.26. The van der Waals surface area contributed by atoms with E-state index in [4.69, 9.17) is 10.7 Å². The molecule has 0 amide bonds. The van der Waals surface area contributed by atoms with Gasteiger partial charge in [-0.2, -0.15) is 0 Å². The molecule has 0 spiro atoms. The van der Waals surface area contributed by atoms with Crippen molar-refractivity contribution in [3.05, 3.63) is 48.0 Å². The summed E-state index contributed by atoms with van der Waals surface area (Å²) < 4.78 is 0. The van der Waals surface area contributed by atoms with E-state index in [0.29, 0.717) is 0 Å². The molecule has 0 saturated heterocycles. The van der Waals surface area contributed by atoms with E-state index in [0.717, 1.165) is 33.9 Å². The highest BCUT2D eigenvalue weighted by Crippen LogP contribution is 2.28. The molecule has 2 heteroatoms. The van der Waals surface area contributed by atoms with Crippen molar-refractivity contribution in [3.63, 3.8) is 0 Å². The highest BCUT2D eigenvalue weighted by molar-refractivity contribution is 6.06. The lowest BCUT2D eigenvalue weighted by molar-refractivity contribution is 0.796. The quantitative estimate of drug-likeness (QED) is 0.703. The first kappa shape index (κ1) is 12.0. The number of nitrogen functional groups attached to an aromatic ring is 1. The molecule has 0 unspecified atom stereocenters. The standard InChI is InChI=1S/C17H18N2/c1-2-3-6-12-9-10-14-16(11-12)19-15-8-5-4-7-13(15)17(14)18/h4-5,7-11H,2-3,6H2,1H3,(H2,18,19). The van der Waals surface area contributed by atoms with E-state index in [9.17, 15) is 0 Å². The number of anilines is 1. The fraction of sp³-hybridized carbons (Fsp3) is 0.235. The van der Waals surface area contributed by atoms with Gasteiger partial charge in [0.05, 0.1) is 16.7 Å². The molecule has 0 saturated carbocycles. The van der Waals surface area contributed by atoms with Crippen LogP contribution in [0.4, 0.5) is 5.69 Å². The predicted octanol–water partition coefficient (Wildman–Crippen LogP) is 4.31. The van der Waals surface area contributed by atoms with Crippen molar-refractivity contribution in [2.24, 2.45) is 0 Å². The van der Waals surface area contributed by atoms with E-state index in [2.05, 4.69) is 25.1 Å². The molecule has 0 aliphatic carbocycles. The minimum absolute atomic E-state index is 0.836. The Morgan fingerprint density at radius 3 is 2.63 bits per heavy atom. The smallest absolute Gasteiger partial charge is 0.0733 e. The van der Waals surface area contributed by atoms with Crippen LogP contribution in [0.3, 0.4) is 0 Å². The van der Waals surface area contributed by atoms with E-state index < -0.39 is 0 Å². The zero-order valence-electron chi connectivity index (χ0n) is 11.2. The molecule has 1 heterocycles. The van der Waals surface area contributed by atoms with Gasteiger partial charge in [-0.05, 0) is 30.5 Å². The molecule has 19 heavy (non-hydrogen) atoms. The molecule has 3 aromatic rings. The Labute approximate surface area is 113 Å². The number of aromatic nitrogens is 1. The maximum absolute atomic E-state index is 6.26. The maximum Gasteiger partial charge on any atom is 0.0733 e. The third-order valence-corrected chi connectivity index (χ3v) is 3.61. The summed E-state index contributed by atoms with van der Waals surface area (Å²) >= 11 is 0. The van der Waals surface area contributed by atoms with Gasteiger partial charge < -0.3 is 5.73 Å². The summed E-state index contributed by atoms with van der Waals surface area (Å²) in [6.45, 7) is 2.21. The van der Waals surface area contributed by atoms with Gasteiger partial charge >= 0.3 is 0 Å². The Bertz CT molecular complexity index is 732. The third kappa shape index (κ3) is 2.14. The largest absolute Gasteiger partial charge is 0.398 e. The van der Waals surface area contributed by atoms with Crippen LogP contribution < -0.4 is 5.73 Å². The molecule has 0 atom stereocenters. The Morgan fingerprint density at radius 2 is 1.79 bits per heavy atom. The van der Waals surface area contributed by atoms with Gasteiger partial charge in [-0.1, -0.05) is 43.7 Å². The van der Waals surface area contributed by atoms with Gasteiger partial charge in [0.2, 0.25) is 0 Å². The minimum Gasteiger partial charge on any atom is -0.398 e. The van der Waals surface area contributed by atoms with Crippen molar-refractivity contribution in [1.82, 2.24) is 4.98 Å². The lowest BCUT2D eigenvalue weighted by atomic mass is 10.0. The highest BCUT2D eigenvalue weighted by atomic mass is 14.7. The van der Waals surface area contributed by atoms with Crippen molar-refractivity contribution in [2.75, 3.05) is 5.73 Å². The Balaban J connectivity index is 2.20. The number of para-hydroxylation sites is 1. The van der Waals surface area contributed by atoms with Crippen LogP contribution in [0.15, 0.2) is 42.5 Å². The molecule has 2 aromatic carbocycles. The first-order valence-corrected chi connectivity index (χ1v) is 6.86. The zero-order chi connectivity index (χ0) is 13.2. The van der Waals surface area contributed by atoms with Crippen molar-refractivity contribution >= 4 is 27.5 Å². The van der Waals surface area contributed by atoms with Gasteiger partial charge in [-0.3, -0.25) is 0 Å². The van der Waals surface area contributed by atoms with Crippen LogP contribution in [0.25, 0.3) is 21.8 Å². The number of rotatable bonds is 3. The SMILES string of the molecule is CCCCc1ccc2c(N)c3ccccc3nc2c1. The van der Waals surface area contributed by atoms with Crippen LogP contribution in [0.1, 0.15) is 25.3 Å². The van der Waals surface area contributed by atoms with Gasteiger partial charge in [-0.15, -0.1) is 0 Å². The molecule has 0 fully saturated rings. The van der Waals surface area contributed by atoms with E-state index in [1.807, 2.05) is 24.3 Å². The molecule has 96 valence electrons. The summed E-state index contributed by atoms with van der Waals surface area (Å²) in [4.78, 5) is 4.73. The number of fused-ring (bicyclic) bond motifs is 2. The van der Waals surface area contributed by atoms with E-state index in [-0.39, 0.29) is 0 Å². The van der Waals surface area contributed by atoms with Crippen LogP contribution in [0.2, 0.25) is 0 Å². The number of hydrogen-bond donors (Lipinski definition) is 1. The van der Waals surface area contributed by atoms with Crippen molar-refractivity contribution < 1.29 is 0 Å². The second-order valence-corrected chi connectivity index (χ2v) is 5.00. The second-order valence-electron chi connectivity index (χ2n) is 5.00. The fourth-order valence-electron chi connectivity index (χ4n) is 2.51. The average molecular weight is 250 g/mol. The molecule has 0 bridgehead atoms. The number of pyridine rings is 1. The third-order valence-electron chi connectivity index (χ3n) is 3.61. The molecule has 1 aromatic heterocycles. The number of aryl methyl sites for hydroxylation is 1. The summed E-state index contributed by atoms with van der Waals surface area (Å²) in [7, 11) is 0. The summed E-state index contributed by atoms with van der Waals surface area (Å²) in [5.74, 6) is 0. The Kier molecular flexibility index (Phi) is 3.08. The Hall–Kier alpha value is -2.09. The van der Waals surface area contributed by atoms with Crippen LogP contribution >= 0.6 is 0 Å². The minimum atomic E-state index is 0.836. The van der Waals surface area contributed by atoms with Gasteiger partial charge in [0.15, 0.2) is 0 Å². The van der Waals surface area contributed by atoms with Crippen molar-refractivity contribution in [1.29, 1.82) is 0 Å². The summed E-state index contributed by atoms with van der Waals surface area (Å²) in [6.07, 6.45) is 3.54. The predicted molar refractivity (Wildman–Crippen MR) is 82.3 cm³/mol. The first-order valence-electron chi connectivity index (χ1n) is 6.86. The van der Waals surface area contributed by atoms with Gasteiger partial charge in [0.25, 0.3) is 0 Å². The van der Waals surface area contributed by atoms with Gasteiger partial charge in [-0.25, -0.2) is 4.98 Å². The second kappa shape index (κ2) is 4.88. The number of benzene rings is 2. The first-order chi connectivity index (χ1) is 9.29. The van der Waals surface area contributed by atoms with Crippen LogP contribution in [-0.4, -0.2) is 4.98 Å². The Morgan fingerprint density at radius 1 is 1.00 bits per heavy atom. The lowest BCUT2D eigenvalue weighted by Gasteiger charge is -2.08. The van der Waals surface area contributed by atoms with Crippen LogP contribution in [0.5, 0.6) is 0 Å². The molecule has 0 aliphatic heterocycles. The lowest BCUT2D eigenvalue weighted by Crippen LogP contribution is -1.94. The van der Waals surface area contributed by atoms with Crippen molar-refractivity contribution in [3.8, 4) is 0 Å². The molecule has 0 radical (unpaired) electrons. The molecule has 0 aliphatic rings.